The van der Waals surface area contributed by atoms with Gasteiger partial charge in [-0.3, -0.25) is 10.1 Å². The number of carbonyl (C=O) groups excluding carboxylic acids is 1. The van der Waals surface area contributed by atoms with E-state index in [4.69, 9.17) is 0 Å². The quantitative estimate of drug-likeness (QED) is 0.588. The van der Waals surface area contributed by atoms with Crippen molar-refractivity contribution in [2.24, 2.45) is 0 Å². The molecule has 1 N–H and O–H groups in total. The van der Waals surface area contributed by atoms with E-state index in [1.807, 2.05) is 6.07 Å². The van der Waals surface area contributed by atoms with Crippen LogP contribution in [0.3, 0.4) is 0 Å². The van der Waals surface area contributed by atoms with Crippen LogP contribution in [0, 0.1) is 5.21 Å². The summed E-state index contributed by atoms with van der Waals surface area (Å²) in [4.78, 5) is 12.5. The van der Waals surface area contributed by atoms with E-state index in [2.05, 4.69) is 10.4 Å². The first-order valence-corrected chi connectivity index (χ1v) is 4.69. The summed E-state index contributed by atoms with van der Waals surface area (Å²) in [5, 5.41) is 17.9. The van der Waals surface area contributed by atoms with Gasteiger partial charge in [-0.1, -0.05) is 18.2 Å². The predicted molar refractivity (Wildman–Crippen MR) is 56.8 cm³/mol. The fraction of sp³-hybridized carbons (Fsp3) is 0.100. The number of hydrogen-bond donors (Lipinski definition) is 1. The molecule has 16 heavy (non-hydrogen) atoms. The number of benzene rings is 1. The van der Waals surface area contributed by atoms with Crippen molar-refractivity contribution in [3.05, 3.63) is 41.7 Å². The number of hydrogen-bond acceptors (Lipinski definition) is 3. The first kappa shape index (κ1) is 10.2. The molecule has 6 heteroatoms. The maximum atomic E-state index is 11.5. The molecule has 1 amide bonds. The lowest BCUT2D eigenvalue weighted by molar-refractivity contribution is -0.688. The van der Waals surface area contributed by atoms with Crippen molar-refractivity contribution < 1.29 is 9.64 Å². The van der Waals surface area contributed by atoms with Crippen LogP contribution in [0.1, 0.15) is 6.92 Å². The Morgan fingerprint density at radius 1 is 1.44 bits per heavy atom. The molecule has 0 unspecified atom stereocenters. The van der Waals surface area contributed by atoms with Crippen LogP contribution in [0.2, 0.25) is 0 Å². The largest absolute Gasteiger partial charge is 0.692 e. The van der Waals surface area contributed by atoms with Gasteiger partial charge >= 0.3 is 5.82 Å². The molecular formula is C10H10N4O2. The topological polar surface area (TPSA) is 73.9 Å². The average molecular weight is 218 g/mol. The molecule has 0 aliphatic rings. The highest BCUT2D eigenvalue weighted by Crippen LogP contribution is 2.05. The van der Waals surface area contributed by atoms with Gasteiger partial charge in [-0.2, -0.15) is 4.85 Å². The molecule has 0 saturated carbocycles. The molecule has 6 nitrogen and oxygen atoms in total. The molecule has 0 bridgehead atoms. The highest BCUT2D eigenvalue weighted by molar-refractivity contribution is 5.87. The van der Waals surface area contributed by atoms with Crippen LogP contribution >= 0.6 is 0 Å². The summed E-state index contributed by atoms with van der Waals surface area (Å²) in [6.07, 6.45) is 1.20. The lowest BCUT2D eigenvalue weighted by Crippen LogP contribution is -2.36. The molecule has 1 aromatic heterocycles. The number of para-hydroxylation sites is 1. The molecule has 0 radical (unpaired) electrons. The maximum Gasteiger partial charge on any atom is 0.315 e. The Hall–Kier alpha value is -2.37. The van der Waals surface area contributed by atoms with Gasteiger partial charge in [-0.25, -0.2) is 0 Å². The molecule has 82 valence electrons. The Morgan fingerprint density at radius 2 is 2.12 bits per heavy atom. The van der Waals surface area contributed by atoms with Gasteiger partial charge in [0.25, 0.3) is 0 Å². The molecule has 0 atom stereocenters. The van der Waals surface area contributed by atoms with Crippen molar-refractivity contribution in [1.82, 2.24) is 9.90 Å². The van der Waals surface area contributed by atoms with E-state index in [9.17, 15) is 10.0 Å². The molecule has 0 spiro atoms. The van der Waals surface area contributed by atoms with E-state index >= 15 is 0 Å². The highest BCUT2D eigenvalue weighted by atomic mass is 16.5. The molecule has 1 aromatic carbocycles. The number of rotatable bonds is 2. The standard InChI is InChI=1S/C10H10N4O2/c1-8(15)11-10-7-13(16)14(12-10)9-5-3-2-4-6-9/h2-7H,1H3,(H,11,12,15). The molecule has 0 aliphatic carbocycles. The lowest BCUT2D eigenvalue weighted by atomic mass is 10.3. The SMILES string of the molecule is CC(=O)Nc1c[n+]([O-])n(-c2ccccc2)n1. The maximum absolute atomic E-state index is 11.5. The summed E-state index contributed by atoms with van der Waals surface area (Å²) in [7, 11) is 0. The molecule has 0 aliphatic heterocycles. The summed E-state index contributed by atoms with van der Waals surface area (Å²) in [5.74, 6) is -0.0373. The van der Waals surface area contributed by atoms with E-state index in [0.717, 1.165) is 4.80 Å². The third kappa shape index (κ3) is 2.00. The minimum absolute atomic E-state index is 0.228. The first-order valence-electron chi connectivity index (χ1n) is 4.69. The molecule has 0 fully saturated rings. The third-order valence-electron chi connectivity index (χ3n) is 1.91. The zero-order valence-electron chi connectivity index (χ0n) is 8.62. The predicted octanol–water partition coefficient (Wildman–Crippen LogP) is 0.464. The highest BCUT2D eigenvalue weighted by Gasteiger charge is 2.14. The van der Waals surface area contributed by atoms with E-state index in [1.54, 1.807) is 24.3 Å². The van der Waals surface area contributed by atoms with Gasteiger partial charge in [0.15, 0.2) is 6.20 Å². The van der Waals surface area contributed by atoms with Crippen molar-refractivity contribution >= 4 is 11.7 Å². The summed E-state index contributed by atoms with van der Waals surface area (Å²) in [5.41, 5.74) is 0.633. The number of amides is 1. The second-order valence-electron chi connectivity index (χ2n) is 3.22. The van der Waals surface area contributed by atoms with E-state index in [1.165, 1.54) is 13.1 Å². The average Bonchev–Trinajstić information content (AvgIpc) is 2.60. The smallest absolute Gasteiger partial charge is 0.315 e. The zero-order valence-corrected chi connectivity index (χ0v) is 8.62. The Kier molecular flexibility index (Phi) is 2.55. The van der Waals surface area contributed by atoms with Gasteiger partial charge in [0.2, 0.25) is 5.91 Å². The zero-order chi connectivity index (χ0) is 11.5. The van der Waals surface area contributed by atoms with Crippen LogP contribution in [0.25, 0.3) is 5.69 Å². The number of carbonyl (C=O) groups is 1. The number of aromatic nitrogens is 3. The monoisotopic (exact) mass is 218 g/mol. The molecular weight excluding hydrogens is 208 g/mol. The summed E-state index contributed by atoms with van der Waals surface area (Å²) in [6, 6.07) is 8.94. The summed E-state index contributed by atoms with van der Waals surface area (Å²) < 4.78 is 0. The van der Waals surface area contributed by atoms with Gasteiger partial charge in [0.05, 0.1) is 5.10 Å². The number of nitrogens with zero attached hydrogens (tertiary/aromatic N) is 3. The number of nitrogens with one attached hydrogen (secondary N) is 1. The minimum Gasteiger partial charge on any atom is -0.692 e. The van der Waals surface area contributed by atoms with Crippen LogP contribution in [0.4, 0.5) is 5.82 Å². The minimum atomic E-state index is -0.265. The van der Waals surface area contributed by atoms with Gasteiger partial charge in [0, 0.05) is 6.92 Å². The summed E-state index contributed by atoms with van der Waals surface area (Å²) in [6.45, 7) is 1.36. The van der Waals surface area contributed by atoms with E-state index in [-0.39, 0.29) is 11.7 Å². The molecule has 2 rings (SSSR count). The van der Waals surface area contributed by atoms with Crippen molar-refractivity contribution in [2.75, 3.05) is 5.32 Å². The van der Waals surface area contributed by atoms with Gasteiger partial charge < -0.3 is 5.21 Å². The Balaban J connectivity index is 2.36. The van der Waals surface area contributed by atoms with Crippen LogP contribution < -0.4 is 10.2 Å². The fourth-order valence-electron chi connectivity index (χ4n) is 1.30. The van der Waals surface area contributed by atoms with E-state index < -0.39 is 0 Å². The Bertz CT molecular complexity index is 507. The van der Waals surface area contributed by atoms with Gasteiger partial charge in [0.1, 0.15) is 5.69 Å². The second-order valence-corrected chi connectivity index (χ2v) is 3.22. The molecule has 0 saturated heterocycles. The van der Waals surface area contributed by atoms with Crippen LogP contribution in [0.5, 0.6) is 0 Å². The van der Waals surface area contributed by atoms with Crippen molar-refractivity contribution in [3.8, 4) is 5.69 Å². The third-order valence-corrected chi connectivity index (χ3v) is 1.91. The van der Waals surface area contributed by atoms with Crippen LogP contribution in [0.15, 0.2) is 36.5 Å². The Labute approximate surface area is 91.7 Å². The van der Waals surface area contributed by atoms with Crippen molar-refractivity contribution in [2.45, 2.75) is 6.92 Å². The van der Waals surface area contributed by atoms with Crippen LogP contribution in [-0.2, 0) is 4.79 Å². The van der Waals surface area contributed by atoms with E-state index in [0.29, 0.717) is 10.5 Å². The lowest BCUT2D eigenvalue weighted by Gasteiger charge is -2.00. The van der Waals surface area contributed by atoms with Gasteiger partial charge in [-0.05, 0) is 16.9 Å². The van der Waals surface area contributed by atoms with Gasteiger partial charge in [-0.15, -0.1) is 0 Å². The second kappa shape index (κ2) is 4.01. The molecule has 1 heterocycles. The summed E-state index contributed by atoms with van der Waals surface area (Å²) >= 11 is 0. The van der Waals surface area contributed by atoms with Crippen LogP contribution in [-0.4, -0.2) is 15.8 Å². The molecule has 2 aromatic rings. The first-order chi connectivity index (χ1) is 7.66. The Morgan fingerprint density at radius 3 is 2.75 bits per heavy atom. The number of anilines is 1. The normalized spacial score (nSPS) is 10.1. The fourth-order valence-corrected chi connectivity index (χ4v) is 1.30. The van der Waals surface area contributed by atoms with Crippen molar-refractivity contribution in [3.63, 3.8) is 0 Å². The van der Waals surface area contributed by atoms with Crippen molar-refractivity contribution in [1.29, 1.82) is 0 Å².